The van der Waals surface area contributed by atoms with Gasteiger partial charge in [-0.2, -0.15) is 0 Å². The molecule has 1 saturated heterocycles. The van der Waals surface area contributed by atoms with Gasteiger partial charge in [-0.3, -0.25) is 4.98 Å². The standard InChI is InChI=1S/C25H28Cl2N4/c1-3-30(4-2)22-13-15-31(16-14-22)23-17-28-24(18-5-9-20(26)10-6-18)25(29-23)19-7-11-21(27)12-8-19/h5-12,17,22H,3-4,13-16H2,1-2H3. The van der Waals surface area contributed by atoms with Crippen molar-refractivity contribution < 1.29 is 0 Å². The van der Waals surface area contributed by atoms with E-state index in [-0.39, 0.29) is 0 Å². The largest absolute Gasteiger partial charge is 0.355 e. The Labute approximate surface area is 194 Å². The minimum Gasteiger partial charge on any atom is -0.355 e. The summed E-state index contributed by atoms with van der Waals surface area (Å²) in [6.45, 7) is 8.70. The molecule has 2 heterocycles. The molecule has 0 aliphatic carbocycles. The van der Waals surface area contributed by atoms with Crippen LogP contribution >= 0.6 is 23.2 Å². The smallest absolute Gasteiger partial charge is 0.147 e. The van der Waals surface area contributed by atoms with E-state index in [1.165, 1.54) is 0 Å². The summed E-state index contributed by atoms with van der Waals surface area (Å²) in [4.78, 5) is 14.8. The molecule has 0 N–H and O–H groups in total. The number of piperidine rings is 1. The molecule has 0 atom stereocenters. The Hall–Kier alpha value is -2.14. The van der Waals surface area contributed by atoms with Crippen LogP contribution in [0, 0.1) is 0 Å². The third-order valence-electron chi connectivity index (χ3n) is 6.11. The van der Waals surface area contributed by atoms with E-state index >= 15 is 0 Å². The molecule has 0 spiro atoms. The molecule has 0 amide bonds. The van der Waals surface area contributed by atoms with Crippen LogP contribution in [0.3, 0.4) is 0 Å². The summed E-state index contributed by atoms with van der Waals surface area (Å²) >= 11 is 12.2. The van der Waals surface area contributed by atoms with E-state index in [9.17, 15) is 0 Å². The minimum atomic E-state index is 0.656. The minimum absolute atomic E-state index is 0.656. The molecule has 31 heavy (non-hydrogen) atoms. The maximum atomic E-state index is 6.13. The normalized spacial score (nSPS) is 14.9. The molecule has 6 heteroatoms. The van der Waals surface area contributed by atoms with Gasteiger partial charge in [0.05, 0.1) is 17.6 Å². The Bertz CT molecular complexity index is 993. The van der Waals surface area contributed by atoms with Crippen LogP contribution in [-0.4, -0.2) is 47.1 Å². The van der Waals surface area contributed by atoms with Crippen molar-refractivity contribution in [1.29, 1.82) is 0 Å². The van der Waals surface area contributed by atoms with Gasteiger partial charge in [0.25, 0.3) is 0 Å². The van der Waals surface area contributed by atoms with E-state index in [1.807, 2.05) is 54.7 Å². The van der Waals surface area contributed by atoms with E-state index in [0.717, 1.165) is 67.4 Å². The lowest BCUT2D eigenvalue weighted by Crippen LogP contribution is -2.45. The van der Waals surface area contributed by atoms with E-state index in [4.69, 9.17) is 33.2 Å². The SMILES string of the molecule is CCN(CC)C1CCN(c2cnc(-c3ccc(Cl)cc3)c(-c3ccc(Cl)cc3)n2)CC1. The number of hydrogen-bond acceptors (Lipinski definition) is 4. The zero-order valence-electron chi connectivity index (χ0n) is 18.1. The Kier molecular flexibility index (Phi) is 7.11. The van der Waals surface area contributed by atoms with Crippen molar-refractivity contribution in [2.75, 3.05) is 31.1 Å². The first-order valence-electron chi connectivity index (χ1n) is 11.0. The first-order chi connectivity index (χ1) is 15.1. The van der Waals surface area contributed by atoms with Crippen molar-refractivity contribution >= 4 is 29.0 Å². The van der Waals surface area contributed by atoms with Gasteiger partial charge in [-0.15, -0.1) is 0 Å². The summed E-state index contributed by atoms with van der Waals surface area (Å²) in [5, 5.41) is 1.41. The molecule has 0 bridgehead atoms. The van der Waals surface area contributed by atoms with Crippen LogP contribution in [-0.2, 0) is 0 Å². The molecular weight excluding hydrogens is 427 g/mol. The third-order valence-corrected chi connectivity index (χ3v) is 6.62. The molecular formula is C25H28Cl2N4. The van der Waals surface area contributed by atoms with Crippen LogP contribution in [0.25, 0.3) is 22.5 Å². The van der Waals surface area contributed by atoms with Crippen molar-refractivity contribution in [2.24, 2.45) is 0 Å². The van der Waals surface area contributed by atoms with Crippen LogP contribution in [0.5, 0.6) is 0 Å². The number of nitrogens with zero attached hydrogens (tertiary/aromatic N) is 4. The highest BCUT2D eigenvalue weighted by molar-refractivity contribution is 6.31. The topological polar surface area (TPSA) is 32.3 Å². The van der Waals surface area contributed by atoms with Gasteiger partial charge in [-0.25, -0.2) is 4.98 Å². The Balaban J connectivity index is 1.65. The van der Waals surface area contributed by atoms with Crippen molar-refractivity contribution in [2.45, 2.75) is 32.7 Å². The van der Waals surface area contributed by atoms with Crippen molar-refractivity contribution in [3.05, 3.63) is 64.8 Å². The molecule has 2 aromatic carbocycles. The molecule has 0 saturated carbocycles. The lowest BCUT2D eigenvalue weighted by molar-refractivity contribution is 0.186. The van der Waals surface area contributed by atoms with Crippen LogP contribution in [0.15, 0.2) is 54.7 Å². The second kappa shape index (κ2) is 9.99. The average molecular weight is 455 g/mol. The van der Waals surface area contributed by atoms with Crippen LogP contribution in [0.2, 0.25) is 10.0 Å². The Morgan fingerprint density at radius 3 is 1.87 bits per heavy atom. The lowest BCUT2D eigenvalue weighted by atomic mass is 10.0. The zero-order valence-corrected chi connectivity index (χ0v) is 19.6. The second-order valence-electron chi connectivity index (χ2n) is 7.88. The molecule has 1 aliphatic rings. The first kappa shape index (κ1) is 22.1. The number of rotatable bonds is 6. The summed E-state index contributed by atoms with van der Waals surface area (Å²) in [5.74, 6) is 0.931. The first-order valence-corrected chi connectivity index (χ1v) is 11.7. The summed E-state index contributed by atoms with van der Waals surface area (Å²) < 4.78 is 0. The van der Waals surface area contributed by atoms with Crippen LogP contribution in [0.4, 0.5) is 5.82 Å². The van der Waals surface area contributed by atoms with E-state index in [1.54, 1.807) is 0 Å². The number of benzene rings is 2. The van der Waals surface area contributed by atoms with Crippen molar-refractivity contribution in [1.82, 2.24) is 14.9 Å². The monoisotopic (exact) mass is 454 g/mol. The van der Waals surface area contributed by atoms with E-state index in [2.05, 4.69) is 23.6 Å². The van der Waals surface area contributed by atoms with Gasteiger partial charge in [0.1, 0.15) is 5.82 Å². The summed E-state index contributed by atoms with van der Waals surface area (Å²) in [7, 11) is 0. The maximum Gasteiger partial charge on any atom is 0.147 e. The number of aromatic nitrogens is 2. The molecule has 4 nitrogen and oxygen atoms in total. The summed E-state index contributed by atoms with van der Waals surface area (Å²) in [5.41, 5.74) is 3.71. The lowest BCUT2D eigenvalue weighted by Gasteiger charge is -2.38. The fourth-order valence-electron chi connectivity index (χ4n) is 4.36. The number of anilines is 1. The van der Waals surface area contributed by atoms with Gasteiger partial charge in [0.15, 0.2) is 0 Å². The molecule has 0 radical (unpaired) electrons. The molecule has 4 rings (SSSR count). The van der Waals surface area contributed by atoms with Gasteiger partial charge < -0.3 is 9.80 Å². The highest BCUT2D eigenvalue weighted by Gasteiger charge is 2.24. The maximum absolute atomic E-state index is 6.13. The average Bonchev–Trinajstić information content (AvgIpc) is 2.81. The predicted molar refractivity (Wildman–Crippen MR) is 131 cm³/mol. The van der Waals surface area contributed by atoms with Crippen LogP contribution < -0.4 is 4.90 Å². The van der Waals surface area contributed by atoms with Gasteiger partial charge in [0.2, 0.25) is 0 Å². The number of halogens is 2. The van der Waals surface area contributed by atoms with Gasteiger partial charge >= 0.3 is 0 Å². The molecule has 1 aromatic heterocycles. The van der Waals surface area contributed by atoms with E-state index < -0.39 is 0 Å². The molecule has 1 aliphatic heterocycles. The van der Waals surface area contributed by atoms with Gasteiger partial charge in [0, 0.05) is 40.3 Å². The van der Waals surface area contributed by atoms with Gasteiger partial charge in [-0.1, -0.05) is 61.3 Å². The molecule has 162 valence electrons. The molecule has 1 fully saturated rings. The Morgan fingerprint density at radius 2 is 1.35 bits per heavy atom. The highest BCUT2D eigenvalue weighted by atomic mass is 35.5. The fourth-order valence-corrected chi connectivity index (χ4v) is 4.61. The summed E-state index contributed by atoms with van der Waals surface area (Å²) in [6, 6.07) is 16.2. The quantitative estimate of drug-likeness (QED) is 0.429. The predicted octanol–water partition coefficient (Wildman–Crippen LogP) is 6.43. The van der Waals surface area contributed by atoms with Crippen molar-refractivity contribution in [3.8, 4) is 22.5 Å². The number of hydrogen-bond donors (Lipinski definition) is 0. The Morgan fingerprint density at radius 1 is 0.839 bits per heavy atom. The second-order valence-corrected chi connectivity index (χ2v) is 8.75. The van der Waals surface area contributed by atoms with Crippen molar-refractivity contribution in [3.63, 3.8) is 0 Å². The molecule has 3 aromatic rings. The summed E-state index contributed by atoms with van der Waals surface area (Å²) in [6.07, 6.45) is 4.21. The van der Waals surface area contributed by atoms with Crippen LogP contribution in [0.1, 0.15) is 26.7 Å². The molecule has 0 unspecified atom stereocenters. The fraction of sp³-hybridized carbons (Fsp3) is 0.360. The van der Waals surface area contributed by atoms with Gasteiger partial charge in [-0.05, 0) is 50.2 Å². The van der Waals surface area contributed by atoms with E-state index in [0.29, 0.717) is 16.1 Å². The highest BCUT2D eigenvalue weighted by Crippen LogP contribution is 2.32. The zero-order chi connectivity index (χ0) is 21.8. The third kappa shape index (κ3) is 5.03.